The minimum Gasteiger partial charge on any atom is -0.492 e. The molecule has 0 radical (unpaired) electrons. The van der Waals surface area contributed by atoms with Crippen LogP contribution in [0.5, 0.6) is 5.75 Å². The second-order valence-electron chi connectivity index (χ2n) is 4.01. The van der Waals surface area contributed by atoms with Crippen LogP contribution >= 0.6 is 0 Å². The Bertz CT molecular complexity index is 572. The number of aliphatic hydroxyl groups is 1. The van der Waals surface area contributed by atoms with Crippen LogP contribution in [0.4, 0.5) is 18.9 Å². The third-order valence-electron chi connectivity index (χ3n) is 2.58. The van der Waals surface area contributed by atoms with Gasteiger partial charge in [0.25, 0.3) is 6.43 Å². The van der Waals surface area contributed by atoms with E-state index in [4.69, 9.17) is 10.8 Å². The van der Waals surface area contributed by atoms with Crippen LogP contribution in [-0.2, 0) is 10.0 Å². The van der Waals surface area contributed by atoms with Crippen LogP contribution in [0.25, 0.3) is 0 Å². The second-order valence-corrected chi connectivity index (χ2v) is 5.94. The second kappa shape index (κ2) is 6.96. The summed E-state index contributed by atoms with van der Waals surface area (Å²) < 4.78 is 67.9. The lowest BCUT2D eigenvalue weighted by Crippen LogP contribution is -2.37. The molecule has 1 aromatic rings. The summed E-state index contributed by atoms with van der Waals surface area (Å²) in [6.45, 7) is -2.31. The molecule has 0 unspecified atom stereocenters. The Labute approximate surface area is 120 Å². The molecule has 0 aliphatic carbocycles. The molecule has 21 heavy (non-hydrogen) atoms. The lowest BCUT2D eigenvalue weighted by atomic mass is 10.3. The van der Waals surface area contributed by atoms with Gasteiger partial charge < -0.3 is 15.6 Å². The summed E-state index contributed by atoms with van der Waals surface area (Å²) in [5.74, 6) is -1.37. The Hall–Kier alpha value is -1.52. The molecule has 1 aromatic carbocycles. The first-order chi connectivity index (χ1) is 9.73. The van der Waals surface area contributed by atoms with E-state index in [0.29, 0.717) is 10.4 Å². The molecule has 1 rings (SSSR count). The lowest BCUT2D eigenvalue weighted by Gasteiger charge is -2.21. The highest BCUT2D eigenvalue weighted by Crippen LogP contribution is 2.30. The number of nitrogens with zero attached hydrogens (tertiary/aromatic N) is 1. The van der Waals surface area contributed by atoms with E-state index in [9.17, 15) is 21.6 Å². The van der Waals surface area contributed by atoms with E-state index in [1.807, 2.05) is 0 Å². The Morgan fingerprint density at radius 1 is 1.43 bits per heavy atom. The number of nitrogens with two attached hydrogens (primary N) is 1. The van der Waals surface area contributed by atoms with Crippen molar-refractivity contribution in [2.45, 2.75) is 11.3 Å². The van der Waals surface area contributed by atoms with Crippen molar-refractivity contribution in [3.63, 3.8) is 0 Å². The van der Waals surface area contributed by atoms with Gasteiger partial charge in [-0.15, -0.1) is 0 Å². The first kappa shape index (κ1) is 17.5. The number of nitrogen functional groups attached to an aromatic ring is 1. The smallest absolute Gasteiger partial charge is 0.252 e. The van der Waals surface area contributed by atoms with Gasteiger partial charge >= 0.3 is 0 Å². The Morgan fingerprint density at radius 2 is 2.05 bits per heavy atom. The molecule has 10 heteroatoms. The number of methoxy groups -OCH3 is 1. The summed E-state index contributed by atoms with van der Waals surface area (Å²) in [4.78, 5) is -0.590. The van der Waals surface area contributed by atoms with Gasteiger partial charge in [-0.3, -0.25) is 0 Å². The van der Waals surface area contributed by atoms with Crippen molar-refractivity contribution < 1.29 is 31.4 Å². The Kier molecular flexibility index (Phi) is 5.81. The molecule has 120 valence electrons. The highest BCUT2D eigenvalue weighted by molar-refractivity contribution is 7.89. The number of aliphatic hydroxyl groups excluding tert-OH is 1. The highest BCUT2D eigenvalue weighted by atomic mass is 32.2. The van der Waals surface area contributed by atoms with Gasteiger partial charge in [0, 0.05) is 6.54 Å². The van der Waals surface area contributed by atoms with Crippen LogP contribution in [0.15, 0.2) is 17.0 Å². The number of ether oxygens (including phenoxy) is 1. The molecule has 0 atom stereocenters. The number of halogens is 3. The van der Waals surface area contributed by atoms with Crippen molar-refractivity contribution in [1.29, 1.82) is 0 Å². The van der Waals surface area contributed by atoms with Crippen LogP contribution in [0.1, 0.15) is 0 Å². The minimum atomic E-state index is -4.41. The number of rotatable bonds is 7. The highest BCUT2D eigenvalue weighted by Gasteiger charge is 2.28. The Balaban J connectivity index is 3.28. The quantitative estimate of drug-likeness (QED) is 0.718. The monoisotopic (exact) mass is 328 g/mol. The van der Waals surface area contributed by atoms with Crippen molar-refractivity contribution in [2.24, 2.45) is 0 Å². The van der Waals surface area contributed by atoms with Crippen molar-refractivity contribution >= 4 is 15.7 Å². The number of hydrogen-bond donors (Lipinski definition) is 2. The molecule has 0 aromatic heterocycles. The van der Waals surface area contributed by atoms with Gasteiger partial charge in [0.1, 0.15) is 0 Å². The largest absolute Gasteiger partial charge is 0.492 e. The number of sulfonamides is 1. The maximum absolute atomic E-state index is 13.7. The summed E-state index contributed by atoms with van der Waals surface area (Å²) in [6, 6.07) is 1.54. The van der Waals surface area contributed by atoms with E-state index in [1.165, 1.54) is 0 Å². The van der Waals surface area contributed by atoms with Gasteiger partial charge in [0.05, 0.1) is 30.8 Å². The van der Waals surface area contributed by atoms with Crippen molar-refractivity contribution in [3.8, 4) is 5.75 Å². The van der Waals surface area contributed by atoms with Gasteiger partial charge in [-0.2, -0.15) is 4.31 Å². The fraction of sp³-hybridized carbons (Fsp3) is 0.455. The molecule has 0 aliphatic heterocycles. The molecular formula is C11H15F3N2O4S. The molecular weight excluding hydrogens is 313 g/mol. The van der Waals surface area contributed by atoms with Crippen molar-refractivity contribution in [2.75, 3.05) is 32.5 Å². The van der Waals surface area contributed by atoms with Crippen LogP contribution in [0.2, 0.25) is 0 Å². The van der Waals surface area contributed by atoms with E-state index < -0.39 is 46.9 Å². The summed E-state index contributed by atoms with van der Waals surface area (Å²) in [5, 5.41) is 8.78. The summed E-state index contributed by atoms with van der Waals surface area (Å²) >= 11 is 0. The normalized spacial score (nSPS) is 12.1. The maximum atomic E-state index is 13.7. The summed E-state index contributed by atoms with van der Waals surface area (Å²) in [5.41, 5.74) is 5.18. The number of hydrogen-bond acceptors (Lipinski definition) is 5. The van der Waals surface area contributed by atoms with Crippen LogP contribution in [-0.4, -0.2) is 51.1 Å². The predicted molar refractivity (Wildman–Crippen MR) is 69.2 cm³/mol. The average Bonchev–Trinajstić information content (AvgIpc) is 2.37. The summed E-state index contributed by atoms with van der Waals surface area (Å²) in [7, 11) is -3.26. The molecule has 6 nitrogen and oxygen atoms in total. The fourth-order valence-electron chi connectivity index (χ4n) is 1.68. The maximum Gasteiger partial charge on any atom is 0.252 e. The standard InChI is InChI=1S/C11H15F3N2O4S/c1-20-11-8(12)4-7(5-9(11)15)21(18,19)16(2-3-17)6-10(13)14/h4-5,10,17H,2-3,6,15H2,1H3. The zero-order chi connectivity index (χ0) is 16.2. The molecule has 3 N–H and O–H groups in total. The molecule has 0 heterocycles. The zero-order valence-corrected chi connectivity index (χ0v) is 11.9. The summed E-state index contributed by atoms with van der Waals surface area (Å²) in [6.07, 6.45) is -2.94. The first-order valence-electron chi connectivity index (χ1n) is 5.76. The van der Waals surface area contributed by atoms with Gasteiger partial charge in [0.15, 0.2) is 11.6 Å². The number of alkyl halides is 2. The van der Waals surface area contributed by atoms with Gasteiger partial charge in [-0.05, 0) is 12.1 Å². The Morgan fingerprint density at radius 3 is 2.48 bits per heavy atom. The first-order valence-corrected chi connectivity index (χ1v) is 7.20. The average molecular weight is 328 g/mol. The number of benzene rings is 1. The lowest BCUT2D eigenvalue weighted by molar-refractivity contribution is 0.113. The van der Waals surface area contributed by atoms with E-state index in [2.05, 4.69) is 4.74 Å². The van der Waals surface area contributed by atoms with Gasteiger partial charge in [-0.1, -0.05) is 0 Å². The molecule has 0 aliphatic rings. The van der Waals surface area contributed by atoms with E-state index in [0.717, 1.165) is 13.2 Å². The third-order valence-corrected chi connectivity index (χ3v) is 4.42. The van der Waals surface area contributed by atoms with Crippen LogP contribution in [0, 0.1) is 5.82 Å². The molecule has 0 bridgehead atoms. The molecule has 0 fully saturated rings. The van der Waals surface area contributed by atoms with Crippen molar-refractivity contribution in [3.05, 3.63) is 17.9 Å². The fourth-order valence-corrected chi connectivity index (χ4v) is 3.13. The minimum absolute atomic E-state index is 0.280. The van der Waals surface area contributed by atoms with Crippen LogP contribution in [0.3, 0.4) is 0 Å². The molecule has 0 amide bonds. The third kappa shape index (κ3) is 3.99. The number of anilines is 1. The zero-order valence-electron chi connectivity index (χ0n) is 11.1. The van der Waals surface area contributed by atoms with Crippen molar-refractivity contribution in [1.82, 2.24) is 4.31 Å². The van der Waals surface area contributed by atoms with E-state index >= 15 is 0 Å². The van der Waals surface area contributed by atoms with E-state index in [-0.39, 0.29) is 11.4 Å². The predicted octanol–water partition coefficient (Wildman–Crippen LogP) is 0.665. The van der Waals surface area contributed by atoms with Gasteiger partial charge in [0.2, 0.25) is 10.0 Å². The SMILES string of the molecule is COc1c(N)cc(S(=O)(=O)N(CCO)CC(F)F)cc1F. The molecule has 0 saturated heterocycles. The molecule has 0 spiro atoms. The van der Waals surface area contributed by atoms with E-state index in [1.54, 1.807) is 0 Å². The van der Waals surface area contributed by atoms with Gasteiger partial charge in [-0.25, -0.2) is 21.6 Å². The van der Waals surface area contributed by atoms with Crippen LogP contribution < -0.4 is 10.5 Å². The topological polar surface area (TPSA) is 92.9 Å². The molecule has 0 saturated carbocycles.